The molecule has 5 rings (SSSR count). The molecule has 0 fully saturated rings. The lowest BCUT2D eigenvalue weighted by molar-refractivity contribution is 0.221. The Morgan fingerprint density at radius 3 is 2.88 bits per heavy atom. The van der Waals surface area contributed by atoms with Crippen molar-refractivity contribution in [3.05, 3.63) is 46.7 Å². The van der Waals surface area contributed by atoms with Crippen LogP contribution >= 0.6 is 11.3 Å². The van der Waals surface area contributed by atoms with Crippen LogP contribution in [0.2, 0.25) is 0 Å². The molecule has 1 N–H and O–H groups in total. The van der Waals surface area contributed by atoms with E-state index < -0.39 is 0 Å². The number of nitrogens with one attached hydrogen (secondary N) is 1. The zero-order chi connectivity index (χ0) is 17.0. The molecule has 0 radical (unpaired) electrons. The van der Waals surface area contributed by atoms with Crippen LogP contribution < -0.4 is 10.2 Å². The Labute approximate surface area is 150 Å². The van der Waals surface area contributed by atoms with E-state index in [4.69, 9.17) is 9.98 Å². The van der Waals surface area contributed by atoms with Crippen LogP contribution in [0.5, 0.6) is 0 Å². The number of anilines is 1. The number of fused-ring (bicyclic) bond motifs is 5. The Bertz CT molecular complexity index is 942. The van der Waals surface area contributed by atoms with Gasteiger partial charge in [0.15, 0.2) is 0 Å². The third kappa shape index (κ3) is 2.26. The quantitative estimate of drug-likeness (QED) is 0.770. The number of benzene rings is 1. The predicted octanol–water partition coefficient (Wildman–Crippen LogP) is 3.05. The van der Waals surface area contributed by atoms with E-state index in [9.17, 15) is 0 Å². The van der Waals surface area contributed by atoms with Gasteiger partial charge in [-0.3, -0.25) is 14.4 Å². The van der Waals surface area contributed by atoms with E-state index in [2.05, 4.69) is 69.2 Å². The molecule has 0 spiro atoms. The normalized spacial score (nSPS) is 20.4. The number of aromatic nitrogens is 2. The van der Waals surface area contributed by atoms with Gasteiger partial charge in [-0.1, -0.05) is 18.2 Å². The van der Waals surface area contributed by atoms with E-state index in [1.807, 2.05) is 6.07 Å². The van der Waals surface area contributed by atoms with Crippen molar-refractivity contribution in [2.45, 2.75) is 26.1 Å². The van der Waals surface area contributed by atoms with Crippen LogP contribution in [0.15, 0.2) is 46.8 Å². The minimum atomic E-state index is 0.0306. The molecule has 0 saturated carbocycles. The molecule has 2 aliphatic rings. The first-order valence-electron chi connectivity index (χ1n) is 8.55. The van der Waals surface area contributed by atoms with Crippen LogP contribution in [0, 0.1) is 0 Å². The number of thiophene rings is 1. The van der Waals surface area contributed by atoms with Crippen LogP contribution in [0.3, 0.4) is 0 Å². The van der Waals surface area contributed by atoms with Gasteiger partial charge in [0.2, 0.25) is 11.9 Å². The standard InChI is InChI=1S/C18H20N6S/c1-12(2)22-10-19-17-21-16(15-8-5-9-25-15)24-14-7-4-3-6-13(14)20-18(24)23(17)11-22/h3-9,12,16H,10-11H2,1-2H3,(H,19,21)/t16-/m1/s1. The van der Waals surface area contributed by atoms with Crippen LogP contribution in [-0.2, 0) is 0 Å². The Morgan fingerprint density at radius 2 is 2.08 bits per heavy atom. The van der Waals surface area contributed by atoms with Gasteiger partial charge in [0.1, 0.15) is 6.17 Å². The molecule has 128 valence electrons. The molecule has 3 aromatic rings. The van der Waals surface area contributed by atoms with Crippen molar-refractivity contribution in [2.24, 2.45) is 4.99 Å². The van der Waals surface area contributed by atoms with Crippen LogP contribution in [0.4, 0.5) is 5.95 Å². The third-order valence-electron chi connectivity index (χ3n) is 4.87. The third-order valence-corrected chi connectivity index (χ3v) is 5.79. The molecule has 4 heterocycles. The van der Waals surface area contributed by atoms with Crippen molar-refractivity contribution in [3.63, 3.8) is 0 Å². The first-order valence-corrected chi connectivity index (χ1v) is 9.43. The number of nitrogens with zero attached hydrogens (tertiary/aromatic N) is 5. The molecule has 2 aliphatic heterocycles. The van der Waals surface area contributed by atoms with Crippen molar-refractivity contribution in [1.29, 1.82) is 0 Å². The van der Waals surface area contributed by atoms with Gasteiger partial charge in [-0.15, -0.1) is 11.3 Å². The van der Waals surface area contributed by atoms with Gasteiger partial charge >= 0.3 is 0 Å². The summed E-state index contributed by atoms with van der Waals surface area (Å²) in [4.78, 5) is 15.5. The van der Waals surface area contributed by atoms with Crippen LogP contribution in [-0.4, -0.2) is 39.8 Å². The Hall–Kier alpha value is -2.38. The summed E-state index contributed by atoms with van der Waals surface area (Å²) in [5.41, 5.74) is 2.16. The molecule has 6 nitrogen and oxygen atoms in total. The molecular weight excluding hydrogens is 332 g/mol. The predicted molar refractivity (Wildman–Crippen MR) is 102 cm³/mol. The number of rotatable bonds is 2. The molecule has 0 unspecified atom stereocenters. The van der Waals surface area contributed by atoms with Gasteiger partial charge in [0.05, 0.1) is 24.4 Å². The second-order valence-corrected chi connectivity index (χ2v) is 7.69. The van der Waals surface area contributed by atoms with E-state index in [-0.39, 0.29) is 6.17 Å². The lowest BCUT2D eigenvalue weighted by Gasteiger charge is -2.42. The van der Waals surface area contributed by atoms with Crippen LogP contribution in [0.25, 0.3) is 11.0 Å². The van der Waals surface area contributed by atoms with E-state index >= 15 is 0 Å². The van der Waals surface area contributed by atoms with Gasteiger partial charge in [-0.05, 0) is 37.4 Å². The van der Waals surface area contributed by atoms with Gasteiger partial charge in [-0.25, -0.2) is 9.98 Å². The number of hydrogen-bond acceptors (Lipinski definition) is 6. The highest BCUT2D eigenvalue weighted by molar-refractivity contribution is 7.10. The summed E-state index contributed by atoms with van der Waals surface area (Å²) in [6, 6.07) is 13.0. The fourth-order valence-electron chi connectivity index (χ4n) is 3.45. The average molecular weight is 352 g/mol. The maximum Gasteiger partial charge on any atom is 0.216 e. The molecule has 2 aromatic heterocycles. The Morgan fingerprint density at radius 1 is 1.20 bits per heavy atom. The van der Waals surface area contributed by atoms with E-state index in [0.29, 0.717) is 12.7 Å². The van der Waals surface area contributed by atoms with Gasteiger partial charge in [0, 0.05) is 10.9 Å². The van der Waals surface area contributed by atoms with Gasteiger partial charge in [-0.2, -0.15) is 0 Å². The Kier molecular flexibility index (Phi) is 3.33. The average Bonchev–Trinajstić information content (AvgIpc) is 3.28. The van der Waals surface area contributed by atoms with Gasteiger partial charge in [0.25, 0.3) is 0 Å². The number of aliphatic imine (C=N–C) groups is 1. The number of hydrogen-bond donors (Lipinski definition) is 1. The first-order chi connectivity index (χ1) is 12.2. The Balaban J connectivity index is 1.70. The highest BCUT2D eigenvalue weighted by atomic mass is 32.1. The lowest BCUT2D eigenvalue weighted by Crippen LogP contribution is -2.58. The highest BCUT2D eigenvalue weighted by Gasteiger charge is 2.36. The second kappa shape index (κ2) is 5.57. The van der Waals surface area contributed by atoms with Crippen molar-refractivity contribution < 1.29 is 0 Å². The number of imidazole rings is 1. The van der Waals surface area contributed by atoms with Gasteiger partial charge < -0.3 is 5.32 Å². The van der Waals surface area contributed by atoms with Crippen LogP contribution in [0.1, 0.15) is 24.9 Å². The van der Waals surface area contributed by atoms with Crippen molar-refractivity contribution in [3.8, 4) is 0 Å². The molecule has 7 heteroatoms. The topological polar surface area (TPSA) is 48.7 Å². The number of para-hydroxylation sites is 2. The van der Waals surface area contributed by atoms with E-state index in [0.717, 1.165) is 29.6 Å². The molecular formula is C18H20N6S. The zero-order valence-corrected chi connectivity index (χ0v) is 15.1. The zero-order valence-electron chi connectivity index (χ0n) is 14.3. The SMILES string of the molecule is CC(C)N1CN=C2N[C@@H](c3cccs3)n3c(nc4ccccc43)N2C1. The second-order valence-electron chi connectivity index (χ2n) is 6.71. The summed E-state index contributed by atoms with van der Waals surface area (Å²) in [6.07, 6.45) is 0.0306. The summed E-state index contributed by atoms with van der Waals surface area (Å²) in [7, 11) is 0. The molecule has 0 amide bonds. The summed E-state index contributed by atoms with van der Waals surface area (Å²) in [5, 5.41) is 5.75. The van der Waals surface area contributed by atoms with E-state index in [1.165, 1.54) is 4.88 Å². The smallest absolute Gasteiger partial charge is 0.216 e. The fraction of sp³-hybridized carbons (Fsp3) is 0.333. The van der Waals surface area contributed by atoms with E-state index in [1.54, 1.807) is 11.3 Å². The fourth-order valence-corrected chi connectivity index (χ4v) is 4.22. The minimum absolute atomic E-state index is 0.0306. The van der Waals surface area contributed by atoms with Crippen molar-refractivity contribution in [2.75, 3.05) is 18.2 Å². The molecule has 0 saturated heterocycles. The maximum absolute atomic E-state index is 4.94. The lowest BCUT2D eigenvalue weighted by atomic mass is 10.3. The summed E-state index contributed by atoms with van der Waals surface area (Å²) in [5.74, 6) is 1.88. The monoisotopic (exact) mass is 352 g/mol. The molecule has 1 atom stereocenters. The van der Waals surface area contributed by atoms with Crippen molar-refractivity contribution >= 4 is 34.3 Å². The molecule has 1 aromatic carbocycles. The molecule has 0 aliphatic carbocycles. The summed E-state index contributed by atoms with van der Waals surface area (Å²) in [6.45, 7) is 5.92. The number of guanidine groups is 1. The minimum Gasteiger partial charge on any atom is -0.331 e. The summed E-state index contributed by atoms with van der Waals surface area (Å²) >= 11 is 1.75. The molecule has 0 bridgehead atoms. The summed E-state index contributed by atoms with van der Waals surface area (Å²) < 4.78 is 2.30. The molecule has 25 heavy (non-hydrogen) atoms. The highest BCUT2D eigenvalue weighted by Crippen LogP contribution is 2.35. The maximum atomic E-state index is 4.94. The largest absolute Gasteiger partial charge is 0.331 e. The first kappa shape index (κ1) is 14.9. The van der Waals surface area contributed by atoms with Crippen molar-refractivity contribution in [1.82, 2.24) is 19.8 Å².